The highest BCUT2D eigenvalue weighted by atomic mass is 16.3. The topological polar surface area (TPSA) is 48.6 Å². The maximum atomic E-state index is 9.79. The van der Waals surface area contributed by atoms with Gasteiger partial charge in [0.15, 0.2) is 11.8 Å². The summed E-state index contributed by atoms with van der Waals surface area (Å²) in [5.74, 6) is 2.73. The Morgan fingerprint density at radius 2 is 1.59 bits per heavy atom. The Bertz CT molecular complexity index is 576. The van der Waals surface area contributed by atoms with E-state index in [1.165, 1.54) is 57.9 Å². The first kappa shape index (κ1) is 24.1. The molecule has 0 bridgehead atoms. The average Bonchev–Trinajstić information content (AvgIpc) is 3.00. The number of likely N-dealkylation sites (tertiary alicyclic amines) is 1. The zero-order chi connectivity index (χ0) is 21.4. The highest BCUT2D eigenvalue weighted by Crippen LogP contribution is 2.43. The number of aromatic hydroxyl groups is 2. The van der Waals surface area contributed by atoms with Gasteiger partial charge in [0.05, 0.1) is 0 Å². The highest BCUT2D eigenvalue weighted by molar-refractivity contribution is 5.23. The first-order chi connectivity index (χ1) is 13.8. The van der Waals surface area contributed by atoms with Crippen molar-refractivity contribution in [3.63, 3.8) is 0 Å². The summed E-state index contributed by atoms with van der Waals surface area (Å²) in [6.07, 6.45) is 12.9. The van der Waals surface area contributed by atoms with Crippen LogP contribution in [0.5, 0.6) is 11.8 Å². The lowest BCUT2D eigenvalue weighted by Crippen LogP contribution is -2.54. The lowest BCUT2D eigenvalue weighted by Gasteiger charge is -2.51. The maximum absolute atomic E-state index is 9.79. The van der Waals surface area contributed by atoms with Gasteiger partial charge in [0.2, 0.25) is 0 Å². The average molecular weight is 407 g/mol. The van der Waals surface area contributed by atoms with Crippen molar-refractivity contribution in [1.29, 1.82) is 0 Å². The Kier molecular flexibility index (Phi) is 9.39. The van der Waals surface area contributed by atoms with Gasteiger partial charge in [0.25, 0.3) is 0 Å². The molecule has 0 saturated carbocycles. The fourth-order valence-corrected chi connectivity index (χ4v) is 5.33. The summed E-state index contributed by atoms with van der Waals surface area (Å²) < 4.78 is 1.60. The molecule has 0 spiro atoms. The van der Waals surface area contributed by atoms with Crippen LogP contribution in [0.2, 0.25) is 0 Å². The molecule has 4 nitrogen and oxygen atoms in total. The number of unbranched alkanes of at least 4 members (excludes halogenated alkanes) is 5. The van der Waals surface area contributed by atoms with Gasteiger partial charge < -0.3 is 15.1 Å². The molecule has 4 heteroatoms. The van der Waals surface area contributed by atoms with Gasteiger partial charge in [-0.15, -0.1) is 0 Å². The fourth-order valence-electron chi connectivity index (χ4n) is 5.33. The molecular formula is C25H46N2O2. The number of rotatable bonds is 12. The van der Waals surface area contributed by atoms with Crippen molar-refractivity contribution >= 4 is 0 Å². The van der Waals surface area contributed by atoms with Crippen LogP contribution in [0, 0.1) is 17.8 Å². The van der Waals surface area contributed by atoms with E-state index in [4.69, 9.17) is 0 Å². The monoisotopic (exact) mass is 406 g/mol. The van der Waals surface area contributed by atoms with E-state index in [1.807, 2.05) is 0 Å². The molecule has 0 aliphatic carbocycles. The van der Waals surface area contributed by atoms with Crippen LogP contribution in [-0.4, -0.2) is 38.8 Å². The standard InChI is InChI=1S/C25H46N2O2/c1-6-7-8-10-13-21(22-17-19-26(5)25(3,4)20(22)2)14-11-9-12-18-27-23(28)15-16-24(27)29/h15-16,20-22,28-29H,6-14,17-19H2,1-5H3. The van der Waals surface area contributed by atoms with Crippen molar-refractivity contribution in [2.45, 2.75) is 104 Å². The van der Waals surface area contributed by atoms with Crippen LogP contribution in [-0.2, 0) is 6.54 Å². The minimum atomic E-state index is 0.165. The molecule has 1 saturated heterocycles. The maximum Gasteiger partial charge on any atom is 0.193 e. The second-order valence-corrected chi connectivity index (χ2v) is 9.98. The molecule has 2 rings (SSSR count). The van der Waals surface area contributed by atoms with Crippen LogP contribution >= 0.6 is 0 Å². The fraction of sp³-hybridized carbons (Fsp3) is 0.840. The molecule has 0 aromatic carbocycles. The minimum absolute atomic E-state index is 0.165. The van der Waals surface area contributed by atoms with Crippen molar-refractivity contribution in [1.82, 2.24) is 9.47 Å². The van der Waals surface area contributed by atoms with Gasteiger partial charge in [-0.2, -0.15) is 0 Å². The molecule has 3 atom stereocenters. The lowest BCUT2D eigenvalue weighted by atomic mass is 9.66. The Hall–Kier alpha value is -1.16. The number of hydrogen-bond acceptors (Lipinski definition) is 3. The van der Waals surface area contributed by atoms with Crippen molar-refractivity contribution in [2.75, 3.05) is 13.6 Å². The van der Waals surface area contributed by atoms with Crippen LogP contribution in [0.15, 0.2) is 12.1 Å². The molecule has 1 aromatic rings. The molecule has 3 unspecified atom stereocenters. The molecule has 29 heavy (non-hydrogen) atoms. The summed E-state index contributed by atoms with van der Waals surface area (Å²) in [7, 11) is 2.29. The molecule has 168 valence electrons. The van der Waals surface area contributed by atoms with E-state index in [0.717, 1.165) is 30.6 Å². The van der Waals surface area contributed by atoms with E-state index in [1.54, 1.807) is 16.7 Å². The summed E-state index contributed by atoms with van der Waals surface area (Å²) in [5.41, 5.74) is 0.286. The number of piperidine rings is 1. The Balaban J connectivity index is 1.86. The summed E-state index contributed by atoms with van der Waals surface area (Å²) in [6, 6.07) is 3.12. The van der Waals surface area contributed by atoms with E-state index < -0.39 is 0 Å². The van der Waals surface area contributed by atoms with Crippen molar-refractivity contribution in [3.8, 4) is 11.8 Å². The number of nitrogens with zero attached hydrogens (tertiary/aromatic N) is 2. The first-order valence-electron chi connectivity index (χ1n) is 12.1. The largest absolute Gasteiger partial charge is 0.494 e. The predicted molar refractivity (Wildman–Crippen MR) is 122 cm³/mol. The molecule has 0 radical (unpaired) electrons. The SMILES string of the molecule is CCCCCCC(CCCCCn1c(O)ccc1O)C1CCN(C)C(C)(C)C1C. The molecule has 1 aromatic heterocycles. The summed E-state index contributed by atoms with van der Waals surface area (Å²) >= 11 is 0. The zero-order valence-electron chi connectivity index (χ0n) is 19.7. The molecule has 1 aliphatic heterocycles. The first-order valence-corrected chi connectivity index (χ1v) is 12.1. The van der Waals surface area contributed by atoms with Crippen LogP contribution in [0.4, 0.5) is 0 Å². The predicted octanol–water partition coefficient (Wildman–Crippen LogP) is 6.41. The Morgan fingerprint density at radius 3 is 2.17 bits per heavy atom. The van der Waals surface area contributed by atoms with E-state index in [-0.39, 0.29) is 17.3 Å². The van der Waals surface area contributed by atoms with Crippen LogP contribution in [0.1, 0.15) is 91.9 Å². The van der Waals surface area contributed by atoms with E-state index in [2.05, 4.69) is 39.6 Å². The second kappa shape index (κ2) is 11.3. The molecule has 1 aliphatic rings. The van der Waals surface area contributed by atoms with Crippen molar-refractivity contribution in [2.24, 2.45) is 17.8 Å². The second-order valence-electron chi connectivity index (χ2n) is 9.98. The Labute approximate surface area is 179 Å². The molecule has 0 amide bonds. The van der Waals surface area contributed by atoms with Gasteiger partial charge in [0.1, 0.15) is 0 Å². The van der Waals surface area contributed by atoms with Crippen LogP contribution in [0.3, 0.4) is 0 Å². The van der Waals surface area contributed by atoms with Gasteiger partial charge in [-0.3, -0.25) is 4.57 Å². The Morgan fingerprint density at radius 1 is 1.00 bits per heavy atom. The van der Waals surface area contributed by atoms with Crippen molar-refractivity contribution < 1.29 is 10.2 Å². The van der Waals surface area contributed by atoms with Crippen molar-refractivity contribution in [3.05, 3.63) is 12.1 Å². The molecular weight excluding hydrogens is 360 g/mol. The molecule has 2 N–H and O–H groups in total. The lowest BCUT2D eigenvalue weighted by molar-refractivity contribution is -0.0131. The molecule has 1 fully saturated rings. The van der Waals surface area contributed by atoms with Crippen LogP contribution < -0.4 is 0 Å². The van der Waals surface area contributed by atoms with E-state index in [0.29, 0.717) is 6.54 Å². The quantitative estimate of drug-likeness (QED) is 0.394. The summed E-state index contributed by atoms with van der Waals surface area (Å²) in [4.78, 5) is 2.55. The van der Waals surface area contributed by atoms with E-state index in [9.17, 15) is 10.2 Å². The summed E-state index contributed by atoms with van der Waals surface area (Å²) in [5, 5.41) is 19.6. The third-order valence-corrected chi connectivity index (χ3v) is 7.96. The van der Waals surface area contributed by atoms with Gasteiger partial charge in [0, 0.05) is 24.2 Å². The van der Waals surface area contributed by atoms with Gasteiger partial charge in [-0.05, 0) is 58.0 Å². The van der Waals surface area contributed by atoms with E-state index >= 15 is 0 Å². The van der Waals surface area contributed by atoms with Gasteiger partial charge >= 0.3 is 0 Å². The minimum Gasteiger partial charge on any atom is -0.494 e. The summed E-state index contributed by atoms with van der Waals surface area (Å²) in [6.45, 7) is 11.5. The smallest absolute Gasteiger partial charge is 0.193 e. The van der Waals surface area contributed by atoms with Gasteiger partial charge in [-0.25, -0.2) is 0 Å². The zero-order valence-corrected chi connectivity index (χ0v) is 19.7. The molecule has 2 heterocycles. The third kappa shape index (κ3) is 6.41. The normalized spacial score (nSPS) is 23.3. The van der Waals surface area contributed by atoms with Crippen LogP contribution in [0.25, 0.3) is 0 Å². The van der Waals surface area contributed by atoms with Gasteiger partial charge in [-0.1, -0.05) is 65.2 Å². The number of aromatic nitrogens is 1. The number of hydrogen-bond donors (Lipinski definition) is 2. The highest BCUT2D eigenvalue weighted by Gasteiger charge is 2.41. The third-order valence-electron chi connectivity index (χ3n) is 7.96.